The Morgan fingerprint density at radius 1 is 0.155 bits per heavy atom. The van der Waals surface area contributed by atoms with Crippen molar-refractivity contribution in [3.05, 3.63) is 12.4 Å². The lowest BCUT2D eigenvalue weighted by Gasteiger charge is -2.43. The molecule has 21 fully saturated rings. The molecule has 0 aromatic carbocycles. The third-order valence-corrected chi connectivity index (χ3v) is 22.1. The number of hydrogen-bond acceptors (Lipinski definition) is 15. The lowest BCUT2D eigenvalue weighted by Crippen LogP contribution is -2.63. The Hall–Kier alpha value is -10.2. The molecule has 0 unspecified atom stereocenters. The average molecular weight is 1160 g/mol. The fourth-order valence-corrected chi connectivity index (χ4v) is 18.8. The number of nitrogens with zero attached hydrogens (tertiary/aromatic N) is 28. The number of carbonyl (C=O) groups is 13. The molecule has 0 N–H and O–H groups in total. The first-order valence-corrected chi connectivity index (χ1v) is 27.7. The van der Waals surface area contributed by atoms with Gasteiger partial charge in [-0.15, -0.1) is 0 Å². The van der Waals surface area contributed by atoms with E-state index in [-0.39, 0.29) is 19.2 Å². The Morgan fingerprint density at radius 2 is 0.226 bits per heavy atom. The maximum absolute atomic E-state index is 15.4. The Morgan fingerprint density at radius 3 is 0.321 bits per heavy atom. The molecule has 21 rings (SSSR count). The summed E-state index contributed by atoms with van der Waals surface area (Å²) in [5.74, 6) is 0.290. The summed E-state index contributed by atoms with van der Waals surface area (Å²) in [6.45, 7) is -1.52. The summed E-state index contributed by atoms with van der Waals surface area (Å²) in [5.41, 5.74) is 0. The van der Waals surface area contributed by atoms with Gasteiger partial charge in [0, 0.05) is 0 Å². The van der Waals surface area contributed by atoms with Crippen molar-refractivity contribution in [3.8, 4) is 0 Å². The topological polar surface area (TPSA) is 313 Å². The van der Waals surface area contributed by atoms with E-state index in [1.54, 1.807) is 9.80 Å². The molecule has 26 amide bonds. The monoisotopic (exact) mass is 1160 g/mol. The molecule has 434 valence electrons. The van der Waals surface area contributed by atoms with Crippen LogP contribution in [0.25, 0.3) is 0 Å². The summed E-state index contributed by atoms with van der Waals surface area (Å²) in [5, 5.41) is 0. The molecule has 21 aliphatic rings. The standard InChI is InChI=1S/C43H44N28O13/c1-16-44-2-46-19-21-52(31(46)72)6-56-23-25-60(36(56)77)10-64-27-29-68(40(64)81)14-69-30-28-65(41(69)82)11-61-26-24-57(37(61)78)7-53-22-20-47(32(53)73)3-45(16)18-17(44)48-4-50(19)34(75)54(21)8-58(23)38(79)62(25)12-66(27)42(83)70(29)15-71(30)43(84)67(28)13-63(26)39(80)59(24)9-55(22)35(76)51(20)5-49(18)33(48)74/h17-30H,1-15H2/t17-,18+,19+,20-,21-,22+,23+,24-,25-,26+,27+,28-,29-,30+. The van der Waals surface area contributed by atoms with E-state index in [2.05, 4.69) is 6.58 Å². The quantitative estimate of drug-likeness (QED) is 0.218. The van der Waals surface area contributed by atoms with Crippen LogP contribution in [0.5, 0.6) is 0 Å². The van der Waals surface area contributed by atoms with Gasteiger partial charge in [-0.05, 0) is 0 Å². The number of urea groups is 13. The molecule has 0 aliphatic carbocycles. The highest BCUT2D eigenvalue weighted by molar-refractivity contribution is 5.95. The fraction of sp³-hybridized carbons (Fsp3) is 0.651. The van der Waals surface area contributed by atoms with Gasteiger partial charge in [-0.3, -0.25) is 127 Å². The van der Waals surface area contributed by atoms with Crippen LogP contribution >= 0.6 is 0 Å². The Balaban J connectivity index is 0.738. The van der Waals surface area contributed by atoms with Crippen molar-refractivity contribution >= 4 is 78.4 Å². The minimum absolute atomic E-state index is 0.257. The fourth-order valence-electron chi connectivity index (χ4n) is 18.8. The molecule has 0 radical (unpaired) electrons. The van der Waals surface area contributed by atoms with E-state index in [0.29, 0.717) is 0 Å². The van der Waals surface area contributed by atoms with Gasteiger partial charge < -0.3 is 9.80 Å². The van der Waals surface area contributed by atoms with Gasteiger partial charge in [-0.2, -0.15) is 0 Å². The van der Waals surface area contributed by atoms with Crippen LogP contribution in [0.1, 0.15) is 0 Å². The highest BCUT2D eigenvalue weighted by Gasteiger charge is 2.76. The zero-order chi connectivity index (χ0) is 56.2. The van der Waals surface area contributed by atoms with Crippen LogP contribution in [0.2, 0.25) is 0 Å². The Kier molecular flexibility index (Phi) is 6.60. The van der Waals surface area contributed by atoms with Gasteiger partial charge in [-0.25, -0.2) is 62.3 Å². The zero-order valence-electron chi connectivity index (χ0n) is 43.5. The van der Waals surface area contributed by atoms with Crippen LogP contribution in [0.15, 0.2) is 12.4 Å². The molecule has 0 aromatic heterocycles. The second kappa shape index (κ2) is 12.7. The molecule has 41 nitrogen and oxygen atoms in total. The summed E-state index contributed by atoms with van der Waals surface area (Å²) in [6.07, 6.45) is -16.1. The Labute approximate surface area is 469 Å². The van der Waals surface area contributed by atoms with Crippen LogP contribution < -0.4 is 0 Å². The SMILES string of the molecule is C=C1N2CN3C(=O)N4CN5C(=O)N6CN7C(=O)N8CN9C(=O)N%10CN%11C(=O)N%12CN%13C(=O)N%14CN1[C@@H]1[C@H]2N2CN%15C(=O)N(CN%16C(=O)N(CN%17C(=O)N(CN%18C(=O)N(CN%19C(=O)N(CN%20C(=O)N(CN1C2=O)[C@@H]%14[C@@H]%13%20)[C@@H]%12[C@@H]%11%19)[C@@H]%10[C@@H]9%18)[C@@H]8[C@@H]7%17)[C@@H]6[C@@H]5%16)[C@@H]4[C@@H]3%15. The first-order valence-electron chi connectivity index (χ1n) is 27.7. The van der Waals surface area contributed by atoms with Crippen LogP contribution in [-0.4, -0.2) is 395 Å². The smallest absolute Gasteiger partial charge is 0.316 e. The van der Waals surface area contributed by atoms with Gasteiger partial charge in [-0.1, -0.05) is 6.58 Å². The molecule has 0 saturated carbocycles. The average Bonchev–Trinajstić information content (AvgIpc) is 1.62. The van der Waals surface area contributed by atoms with Crippen molar-refractivity contribution in [2.45, 2.75) is 86.3 Å². The first kappa shape index (κ1) is 43.6. The highest BCUT2D eigenvalue weighted by atomic mass is 16.3. The maximum Gasteiger partial charge on any atom is 0.326 e. The van der Waals surface area contributed by atoms with Crippen LogP contribution in [0.3, 0.4) is 0 Å². The van der Waals surface area contributed by atoms with E-state index in [4.69, 9.17) is 0 Å². The van der Waals surface area contributed by atoms with Crippen LogP contribution in [-0.2, 0) is 0 Å². The van der Waals surface area contributed by atoms with Gasteiger partial charge >= 0.3 is 78.4 Å². The van der Waals surface area contributed by atoms with E-state index in [1.165, 1.54) is 127 Å². The molecule has 21 heterocycles. The van der Waals surface area contributed by atoms with Gasteiger partial charge in [0.15, 0.2) is 74.0 Å². The van der Waals surface area contributed by atoms with Gasteiger partial charge in [0.05, 0.1) is 0 Å². The summed E-state index contributed by atoms with van der Waals surface area (Å²) in [6, 6.07) is -8.56. The molecule has 0 aromatic rings. The van der Waals surface area contributed by atoms with Gasteiger partial charge in [0.1, 0.15) is 112 Å². The van der Waals surface area contributed by atoms with E-state index in [0.717, 1.165) is 0 Å². The van der Waals surface area contributed by atoms with Gasteiger partial charge in [0.25, 0.3) is 0 Å². The van der Waals surface area contributed by atoms with Crippen molar-refractivity contribution in [1.29, 1.82) is 0 Å². The van der Waals surface area contributed by atoms with E-state index in [1.807, 2.05) is 0 Å². The van der Waals surface area contributed by atoms with Crippen molar-refractivity contribution in [2.75, 3.05) is 93.4 Å². The molecular formula is C43H44N28O13. The lowest BCUT2D eigenvalue weighted by molar-refractivity contribution is -0.0194. The van der Waals surface area contributed by atoms with Crippen LogP contribution in [0.4, 0.5) is 62.3 Å². The number of amides is 26. The molecule has 84 heavy (non-hydrogen) atoms. The predicted molar refractivity (Wildman–Crippen MR) is 252 cm³/mol. The molecule has 21 saturated heterocycles. The Bertz CT molecular complexity index is 2540. The number of rotatable bonds is 0. The van der Waals surface area contributed by atoms with Crippen molar-refractivity contribution < 1.29 is 62.3 Å². The summed E-state index contributed by atoms with van der Waals surface area (Å²) in [4.78, 5) is 239. The summed E-state index contributed by atoms with van der Waals surface area (Å²) in [7, 11) is 0. The molecule has 41 heteroatoms. The largest absolute Gasteiger partial charge is 0.326 e. The summed E-state index contributed by atoms with van der Waals surface area (Å²) >= 11 is 0. The van der Waals surface area contributed by atoms with Crippen molar-refractivity contribution in [1.82, 2.24) is 137 Å². The molecule has 14 atom stereocenters. The van der Waals surface area contributed by atoms with E-state index < -0.39 is 245 Å². The van der Waals surface area contributed by atoms with Crippen molar-refractivity contribution in [2.24, 2.45) is 0 Å². The third-order valence-electron chi connectivity index (χ3n) is 22.1. The predicted octanol–water partition coefficient (Wildman–Crippen LogP) is -6.26. The molecule has 21 aliphatic heterocycles. The molecule has 0 spiro atoms. The van der Waals surface area contributed by atoms with Crippen molar-refractivity contribution in [3.63, 3.8) is 0 Å². The number of carbonyl (C=O) groups excluding carboxylic acids is 13. The second-order valence-electron chi connectivity index (χ2n) is 25.0. The van der Waals surface area contributed by atoms with E-state index in [9.17, 15) is 0 Å². The third kappa shape index (κ3) is 4.07. The number of hydrogen-bond donors (Lipinski definition) is 0. The minimum atomic E-state index is -1.21. The van der Waals surface area contributed by atoms with E-state index >= 15 is 62.3 Å². The molecule has 0 bridgehead atoms. The lowest BCUT2D eigenvalue weighted by atomic mass is 10.3. The van der Waals surface area contributed by atoms with Crippen LogP contribution in [0, 0.1) is 0 Å². The first-order chi connectivity index (χ1) is 40.5. The second-order valence-corrected chi connectivity index (χ2v) is 25.0. The highest BCUT2D eigenvalue weighted by Crippen LogP contribution is 2.53. The normalized spacial score (nSPS) is 40.3. The minimum Gasteiger partial charge on any atom is -0.316 e. The molecular weight excluding hydrogens is 1120 g/mol. The summed E-state index contributed by atoms with van der Waals surface area (Å²) < 4.78 is 0. The maximum atomic E-state index is 15.4. The zero-order valence-corrected chi connectivity index (χ0v) is 43.5. The van der Waals surface area contributed by atoms with Gasteiger partial charge in [0.2, 0.25) is 0 Å².